The first kappa shape index (κ1) is 96.7. The number of piperazine rings is 1. The van der Waals surface area contributed by atoms with Gasteiger partial charge in [-0.25, -0.2) is 46.3 Å². The molecule has 12 aromatic rings. The number of hydrogen-bond acceptors (Lipinski definition) is 18. The van der Waals surface area contributed by atoms with E-state index in [1.54, 1.807) is 93.0 Å². The Labute approximate surface area is 768 Å². The minimum Gasteiger partial charge on any atom is -0.384 e. The van der Waals surface area contributed by atoms with Gasteiger partial charge in [0.25, 0.3) is 47.3 Å². The Hall–Kier alpha value is -15.0. The van der Waals surface area contributed by atoms with Crippen LogP contribution in [-0.2, 0) is 0 Å². The number of nitrogens with zero attached hydrogens (tertiary/aromatic N) is 8. The SMILES string of the molecule is CN(C)C(=N)c1ccc(C(=O)Nc2ccc(F)cc2C(=O)Nc2ccc(Cl)cn2)c(F)c1.CN1CCN(C(=N)c2ccc(C(=O)Nc3ccccc3C(=O)Nc3ccc(Cl)cn3)c(F)c2)CC1.N=C(N)c1ccc(C(=O)Nc2ccc(F)cc2C(=O)Nc2ccc(Cl)cn2)c(F)c1.N=C(c1ccc(C(=O)Nc2ccccc2C(=O)Nc2ccc(Cl)cn2)c(F)c1)N1CCSCC1. The summed E-state index contributed by atoms with van der Waals surface area (Å²) >= 11 is 25.0. The van der Waals surface area contributed by atoms with Crippen molar-refractivity contribution in [1.29, 1.82) is 21.6 Å². The zero-order valence-corrected chi connectivity index (χ0v) is 73.0. The fourth-order valence-electron chi connectivity index (χ4n) is 12.3. The third kappa shape index (κ3) is 26.6. The van der Waals surface area contributed by atoms with E-state index >= 15 is 0 Å². The van der Waals surface area contributed by atoms with Crippen molar-refractivity contribution in [2.45, 2.75) is 0 Å². The summed E-state index contributed by atoms with van der Waals surface area (Å²) in [5.41, 5.74) is 5.90. The molecule has 0 spiro atoms. The molecule has 40 heteroatoms. The van der Waals surface area contributed by atoms with E-state index in [0.29, 0.717) is 61.5 Å². The number of carbonyl (C=O) groups excluding carboxylic acids is 8. The summed E-state index contributed by atoms with van der Waals surface area (Å²) < 4.78 is 86.0. The first-order valence-corrected chi connectivity index (χ1v) is 41.8. The number of hydrogen-bond donors (Lipinski definition) is 13. The van der Waals surface area contributed by atoms with Crippen LogP contribution in [0.5, 0.6) is 0 Å². The third-order valence-corrected chi connectivity index (χ3v) is 21.1. The van der Waals surface area contributed by atoms with Crippen LogP contribution in [0, 0.1) is 56.5 Å². The van der Waals surface area contributed by atoms with Gasteiger partial charge in [-0.05, 0) is 165 Å². The second-order valence-electron chi connectivity index (χ2n) is 28.6. The highest BCUT2D eigenvalue weighted by Gasteiger charge is 2.27. The molecule has 131 heavy (non-hydrogen) atoms. The Morgan fingerprint density at radius 1 is 0.344 bits per heavy atom. The molecule has 0 saturated carbocycles. The molecule has 0 bridgehead atoms. The van der Waals surface area contributed by atoms with Crippen LogP contribution in [-0.4, -0.2) is 182 Å². The van der Waals surface area contributed by atoms with Gasteiger partial charge in [0.2, 0.25) is 0 Å². The molecule has 8 aromatic carbocycles. The average Bonchev–Trinajstić information content (AvgIpc) is 0.823. The molecular weight excluding hydrogens is 1800 g/mol. The van der Waals surface area contributed by atoms with E-state index in [1.807, 2.05) is 28.6 Å². The highest BCUT2D eigenvalue weighted by Crippen LogP contribution is 2.29. The molecule has 14 rings (SSSR count). The van der Waals surface area contributed by atoms with Gasteiger partial charge >= 0.3 is 0 Å². The highest BCUT2D eigenvalue weighted by atomic mass is 35.5. The fourth-order valence-corrected chi connectivity index (χ4v) is 13.7. The zero-order valence-electron chi connectivity index (χ0n) is 69.2. The van der Waals surface area contributed by atoms with E-state index in [-0.39, 0.29) is 108 Å². The maximum Gasteiger partial charge on any atom is 0.259 e. The second kappa shape index (κ2) is 45.2. The van der Waals surface area contributed by atoms with Crippen LogP contribution < -0.4 is 48.3 Å². The molecule has 2 saturated heterocycles. The van der Waals surface area contributed by atoms with E-state index in [1.165, 1.54) is 115 Å². The number of nitrogens with two attached hydrogens (primary N) is 1. The summed E-state index contributed by atoms with van der Waals surface area (Å²) in [6.07, 6.45) is 5.45. The number of para-hydroxylation sites is 2. The third-order valence-electron chi connectivity index (χ3n) is 19.2. The van der Waals surface area contributed by atoms with Crippen LogP contribution in [0.2, 0.25) is 20.1 Å². The van der Waals surface area contributed by atoms with Gasteiger partial charge < -0.3 is 67.9 Å². The van der Waals surface area contributed by atoms with E-state index in [4.69, 9.17) is 73.8 Å². The highest BCUT2D eigenvalue weighted by molar-refractivity contribution is 7.99. The molecule has 670 valence electrons. The second-order valence-corrected chi connectivity index (χ2v) is 31.5. The van der Waals surface area contributed by atoms with Gasteiger partial charge in [0.15, 0.2) is 0 Å². The predicted molar refractivity (Wildman–Crippen MR) is 495 cm³/mol. The topological polar surface area (TPSA) is 419 Å². The summed E-state index contributed by atoms with van der Waals surface area (Å²) in [5.74, 6) is -7.24. The molecule has 14 N–H and O–H groups in total. The molecule has 8 amide bonds. The number of halogens is 10. The van der Waals surface area contributed by atoms with Gasteiger partial charge in [0.1, 0.15) is 81.5 Å². The Bertz CT molecular complexity index is 6370. The number of thioether (sulfide) groups is 1. The Morgan fingerprint density at radius 2 is 0.634 bits per heavy atom. The van der Waals surface area contributed by atoms with Crippen molar-refractivity contribution in [2.24, 2.45) is 5.73 Å². The molecule has 4 aromatic heterocycles. The standard InChI is InChI=1S/C25H24ClFN6O2.C24H21ClFN5O2S.C22H18ClF2N5O2.C20H14ClF2N5O2/c1-32-10-12-33(13-11-32)23(28)16-6-8-18(20(27)14-16)24(34)30-21-5-3-2-4-19(21)25(35)31-22-9-7-17(26)15-29-22;25-16-6-8-21(28-14-16)30-24(33)18-3-1-2-4-20(18)29-23(32)17-7-5-15(13-19(17)26)22(27)31-9-11-34-12-10-31;1-30(2)20(26)12-3-6-15(17(25)9-12)21(31)28-18-7-5-14(24)10-16(18)22(32)29-19-8-4-13(23)11-27-19;21-11-2-6-17(26-9-11)28-20(30)14-8-12(22)3-5-16(14)27-19(29)13-4-1-10(18(24)25)7-15(13)23/h2-9,14-15,28H,10-13H2,1H3,(H,30,34)(H,29,31,35);1-8,13-14,27H,9-12H2,(H,29,32)(H,28,30,33);3-11,26H,1-2H3,(H,28,31)(H,27,29,32);1-9H,(H3,24,25)(H,27,29)(H,26,28,30). The number of benzene rings is 8. The summed E-state index contributed by atoms with van der Waals surface area (Å²) in [5, 5.41) is 53.8. The van der Waals surface area contributed by atoms with Gasteiger partial charge in [-0.3, -0.25) is 60.0 Å². The van der Waals surface area contributed by atoms with Crippen LogP contribution in [0.4, 0.5) is 72.4 Å². The number of aromatic nitrogens is 4. The maximum atomic E-state index is 14.9. The van der Waals surface area contributed by atoms with Crippen molar-refractivity contribution in [3.63, 3.8) is 0 Å². The van der Waals surface area contributed by atoms with Crippen LogP contribution >= 0.6 is 58.2 Å². The summed E-state index contributed by atoms with van der Waals surface area (Å²) in [4.78, 5) is 125. The van der Waals surface area contributed by atoms with Gasteiger partial charge in [0, 0.05) is 112 Å². The lowest BCUT2D eigenvalue weighted by molar-refractivity contribution is 0.100. The largest absolute Gasteiger partial charge is 0.384 e. The maximum absolute atomic E-state index is 14.9. The number of rotatable bonds is 20. The predicted octanol–water partition coefficient (Wildman–Crippen LogP) is 16.9. The summed E-state index contributed by atoms with van der Waals surface area (Å²) in [7, 11) is 5.30. The Kier molecular flexibility index (Phi) is 33.3. The molecule has 2 aliphatic heterocycles. The van der Waals surface area contributed by atoms with Crippen molar-refractivity contribution >= 4 is 175 Å². The first-order valence-electron chi connectivity index (χ1n) is 39.1. The van der Waals surface area contributed by atoms with Crippen molar-refractivity contribution in [1.82, 2.24) is 39.5 Å². The van der Waals surface area contributed by atoms with Crippen LogP contribution in [0.3, 0.4) is 0 Å². The number of nitrogen functional groups attached to an aromatic ring is 1. The molecule has 0 radical (unpaired) electrons. The lowest BCUT2D eigenvalue weighted by Crippen LogP contribution is -2.47. The van der Waals surface area contributed by atoms with Gasteiger partial charge in [-0.15, -0.1) is 0 Å². The minimum atomic E-state index is -0.904. The van der Waals surface area contributed by atoms with Crippen LogP contribution in [0.1, 0.15) is 105 Å². The number of amidine groups is 4. The normalized spacial score (nSPS) is 12.1. The van der Waals surface area contributed by atoms with E-state index in [9.17, 15) is 64.7 Å². The number of nitrogens with one attached hydrogen (secondary N) is 12. The van der Waals surface area contributed by atoms with Gasteiger partial charge in [-0.2, -0.15) is 11.8 Å². The summed E-state index contributed by atoms with van der Waals surface area (Å²) in [6, 6.07) is 46.8. The van der Waals surface area contributed by atoms with Crippen molar-refractivity contribution in [3.8, 4) is 0 Å². The molecule has 0 atom stereocenters. The van der Waals surface area contributed by atoms with Gasteiger partial charge in [-0.1, -0.05) is 94.9 Å². The van der Waals surface area contributed by atoms with Crippen LogP contribution in [0.15, 0.2) is 231 Å². The van der Waals surface area contributed by atoms with E-state index in [0.717, 1.165) is 80.1 Å². The molecule has 0 aliphatic carbocycles. The lowest BCUT2D eigenvalue weighted by Gasteiger charge is -2.34. The fraction of sp³-hybridized carbons (Fsp3) is 0.121. The van der Waals surface area contributed by atoms with Gasteiger partial charge in [0.05, 0.1) is 87.3 Å². The van der Waals surface area contributed by atoms with Crippen LogP contribution in [0.25, 0.3) is 0 Å². The summed E-state index contributed by atoms with van der Waals surface area (Å²) in [6.45, 7) is 4.49. The molecule has 6 heterocycles. The zero-order chi connectivity index (χ0) is 94.3. The molecular formula is C91H77Cl4F6N21O8S. The molecule has 2 fully saturated rings. The minimum absolute atomic E-state index is 0.0209. The lowest BCUT2D eigenvalue weighted by atomic mass is 10.1. The van der Waals surface area contributed by atoms with E-state index in [2.05, 4.69) is 67.4 Å². The molecule has 29 nitrogen and oxygen atoms in total. The average molecular weight is 1880 g/mol. The Balaban J connectivity index is 0.000000169. The van der Waals surface area contributed by atoms with Crippen molar-refractivity contribution in [3.05, 3.63) is 353 Å². The van der Waals surface area contributed by atoms with Crippen molar-refractivity contribution in [2.75, 3.05) is 114 Å². The molecule has 2 aliphatic rings. The number of amides is 8. The number of carbonyl (C=O) groups is 8. The Morgan fingerprint density at radius 3 is 0.954 bits per heavy atom. The first-order chi connectivity index (χ1) is 62.6. The number of likely N-dealkylation sites (N-methyl/N-ethyl adjacent to an activating group) is 1. The molecule has 0 unspecified atom stereocenters. The smallest absolute Gasteiger partial charge is 0.259 e. The number of pyridine rings is 4. The quantitative estimate of drug-likeness (QED) is 0.0191. The van der Waals surface area contributed by atoms with Crippen molar-refractivity contribution < 1.29 is 64.7 Å². The van der Waals surface area contributed by atoms with E-state index < -0.39 is 82.2 Å². The monoisotopic (exact) mass is 1880 g/mol. The number of anilines is 8.